The Kier molecular flexibility index (Phi) is 6.27. The molecule has 5 nitrogen and oxygen atoms in total. The van der Waals surface area contributed by atoms with E-state index in [-0.39, 0.29) is 10.6 Å². The molecule has 0 bridgehead atoms. The van der Waals surface area contributed by atoms with E-state index < -0.39 is 10.1 Å². The lowest BCUT2D eigenvalue weighted by Crippen LogP contribution is -2.32. The number of benzene rings is 2. The minimum Gasteiger partial charge on any atom is -0.744 e. The molecule has 3 rings (SSSR count). The number of rotatable bonds is 3. The van der Waals surface area contributed by atoms with E-state index in [1.165, 1.54) is 24.6 Å². The molecule has 0 amide bonds. The molecule has 0 saturated heterocycles. The van der Waals surface area contributed by atoms with Gasteiger partial charge in [0.25, 0.3) is 0 Å². The SMILES string of the molecule is Cc1ccc(O)cc1S(=O)(=O)[O-].c1ccc(C[n+]2ccccc2)cc1. The highest BCUT2D eigenvalue weighted by atomic mass is 32.2. The van der Waals surface area contributed by atoms with Crippen LogP contribution in [0, 0.1) is 6.92 Å². The van der Waals surface area contributed by atoms with Gasteiger partial charge in [-0.2, -0.15) is 0 Å². The van der Waals surface area contributed by atoms with E-state index in [4.69, 9.17) is 5.11 Å². The summed E-state index contributed by atoms with van der Waals surface area (Å²) in [7, 11) is -4.47. The van der Waals surface area contributed by atoms with Crippen LogP contribution < -0.4 is 4.57 Å². The van der Waals surface area contributed by atoms with Crippen LogP contribution in [-0.4, -0.2) is 18.1 Å². The van der Waals surface area contributed by atoms with Crippen LogP contribution in [0.1, 0.15) is 11.1 Å². The molecule has 2 aromatic carbocycles. The molecule has 3 aromatic rings. The molecule has 6 heteroatoms. The summed E-state index contributed by atoms with van der Waals surface area (Å²) in [5.41, 5.74) is 1.67. The molecule has 0 aliphatic carbocycles. The van der Waals surface area contributed by atoms with Crippen LogP contribution in [0.2, 0.25) is 0 Å². The quantitative estimate of drug-likeness (QED) is 0.577. The molecule has 0 atom stereocenters. The van der Waals surface area contributed by atoms with Crippen molar-refractivity contribution in [3.8, 4) is 5.75 Å². The fourth-order valence-electron chi connectivity index (χ4n) is 2.19. The number of hydrogen-bond acceptors (Lipinski definition) is 4. The summed E-state index contributed by atoms with van der Waals surface area (Å²) in [6, 6.07) is 20.2. The van der Waals surface area contributed by atoms with Gasteiger partial charge in [-0.05, 0) is 24.6 Å². The average Bonchev–Trinajstić information content (AvgIpc) is 2.59. The summed E-state index contributed by atoms with van der Waals surface area (Å²) in [5.74, 6) is -0.227. The topological polar surface area (TPSA) is 81.3 Å². The number of pyridine rings is 1. The minimum absolute atomic E-state index is 0.227. The largest absolute Gasteiger partial charge is 0.744 e. The summed E-state index contributed by atoms with van der Waals surface area (Å²) >= 11 is 0. The van der Waals surface area contributed by atoms with Gasteiger partial charge in [0.15, 0.2) is 18.9 Å². The van der Waals surface area contributed by atoms with Crippen molar-refractivity contribution < 1.29 is 22.6 Å². The summed E-state index contributed by atoms with van der Waals surface area (Å²) in [6.45, 7) is 2.44. The number of phenolic OH excluding ortho intramolecular Hbond substituents is 1. The lowest BCUT2D eigenvalue weighted by Gasteiger charge is -2.09. The molecule has 1 heterocycles. The van der Waals surface area contributed by atoms with Crippen molar-refractivity contribution in [1.29, 1.82) is 0 Å². The standard InChI is InChI=1S/C12H12N.C7H8O4S/c1-3-7-12(8-4-1)11-13-9-5-2-6-10-13;1-5-2-3-6(8)4-7(5)12(9,10)11/h1-10H,11H2;2-4,8H,1H3,(H,9,10,11)/q+1;/p-1. The van der Waals surface area contributed by atoms with Gasteiger partial charge in [0.05, 0.1) is 4.90 Å². The van der Waals surface area contributed by atoms with Crippen molar-refractivity contribution in [2.24, 2.45) is 0 Å². The van der Waals surface area contributed by atoms with Crippen molar-refractivity contribution in [3.05, 3.63) is 90.3 Å². The van der Waals surface area contributed by atoms with E-state index in [9.17, 15) is 13.0 Å². The van der Waals surface area contributed by atoms with E-state index in [0.717, 1.165) is 12.6 Å². The lowest BCUT2D eigenvalue weighted by molar-refractivity contribution is -0.688. The van der Waals surface area contributed by atoms with E-state index >= 15 is 0 Å². The van der Waals surface area contributed by atoms with Crippen LogP contribution in [0.3, 0.4) is 0 Å². The molecule has 130 valence electrons. The maximum Gasteiger partial charge on any atom is 0.173 e. The molecule has 1 aromatic heterocycles. The van der Waals surface area contributed by atoms with E-state index in [0.29, 0.717) is 5.56 Å². The number of hydrogen-bond donors (Lipinski definition) is 1. The average molecular weight is 357 g/mol. The molecule has 1 N–H and O–H groups in total. The Morgan fingerprint density at radius 3 is 2.12 bits per heavy atom. The van der Waals surface area contributed by atoms with Gasteiger partial charge < -0.3 is 9.66 Å². The highest BCUT2D eigenvalue weighted by molar-refractivity contribution is 7.85. The van der Waals surface area contributed by atoms with Gasteiger partial charge in [-0.1, -0.05) is 42.5 Å². The van der Waals surface area contributed by atoms with Crippen molar-refractivity contribution in [2.75, 3.05) is 0 Å². The zero-order chi connectivity index (χ0) is 18.3. The second-order valence-corrected chi connectivity index (χ2v) is 6.79. The second-order valence-electron chi connectivity index (χ2n) is 5.44. The maximum absolute atomic E-state index is 10.5. The highest BCUT2D eigenvalue weighted by Crippen LogP contribution is 2.19. The molecule has 0 saturated carbocycles. The van der Waals surface area contributed by atoms with E-state index in [1.54, 1.807) is 0 Å². The van der Waals surface area contributed by atoms with Crippen molar-refractivity contribution in [1.82, 2.24) is 0 Å². The van der Waals surface area contributed by atoms with Crippen molar-refractivity contribution in [3.63, 3.8) is 0 Å². The third-order valence-electron chi connectivity index (χ3n) is 3.43. The zero-order valence-electron chi connectivity index (χ0n) is 13.7. The molecule has 25 heavy (non-hydrogen) atoms. The first-order valence-electron chi connectivity index (χ1n) is 7.60. The third kappa shape index (κ3) is 6.02. The first-order valence-corrected chi connectivity index (χ1v) is 9.00. The van der Waals surface area contributed by atoms with Gasteiger partial charge in [0.1, 0.15) is 15.9 Å². The summed E-state index contributed by atoms with van der Waals surface area (Å²) in [5, 5.41) is 8.90. The molecule has 0 fully saturated rings. The van der Waals surface area contributed by atoms with Gasteiger partial charge in [-0.25, -0.2) is 13.0 Å². The fraction of sp³-hybridized carbons (Fsp3) is 0.105. The van der Waals surface area contributed by atoms with Crippen LogP contribution in [-0.2, 0) is 16.7 Å². The maximum atomic E-state index is 10.5. The van der Waals surface area contributed by atoms with Crippen LogP contribution in [0.4, 0.5) is 0 Å². The first kappa shape index (κ1) is 18.6. The Bertz CT molecular complexity index is 873. The van der Waals surface area contributed by atoms with Crippen molar-refractivity contribution >= 4 is 10.1 Å². The lowest BCUT2D eigenvalue weighted by atomic mass is 10.2. The van der Waals surface area contributed by atoms with Crippen LogP contribution in [0.25, 0.3) is 0 Å². The van der Waals surface area contributed by atoms with Gasteiger partial charge >= 0.3 is 0 Å². The Morgan fingerprint density at radius 1 is 0.960 bits per heavy atom. The minimum atomic E-state index is -4.47. The number of aromatic hydroxyl groups is 1. The number of aryl methyl sites for hydroxylation is 1. The number of phenols is 1. The Morgan fingerprint density at radius 2 is 1.56 bits per heavy atom. The zero-order valence-corrected chi connectivity index (χ0v) is 14.6. The van der Waals surface area contributed by atoms with Crippen molar-refractivity contribution in [2.45, 2.75) is 18.4 Å². The van der Waals surface area contributed by atoms with Crippen LogP contribution in [0.5, 0.6) is 5.75 Å². The predicted molar refractivity (Wildman–Crippen MR) is 93.0 cm³/mol. The first-order chi connectivity index (χ1) is 11.9. The molecule has 0 aliphatic rings. The summed E-state index contributed by atoms with van der Waals surface area (Å²) < 4.78 is 33.8. The second kappa shape index (κ2) is 8.41. The normalized spacial score (nSPS) is 10.6. The van der Waals surface area contributed by atoms with Gasteiger partial charge in [-0.3, -0.25) is 0 Å². The Balaban J connectivity index is 0.000000181. The van der Waals surface area contributed by atoms with Crippen LogP contribution >= 0.6 is 0 Å². The predicted octanol–water partition coefficient (Wildman–Crippen LogP) is 2.63. The third-order valence-corrected chi connectivity index (χ3v) is 4.40. The van der Waals surface area contributed by atoms with E-state index in [1.807, 2.05) is 24.3 Å². The number of aromatic nitrogens is 1. The molecular weight excluding hydrogens is 338 g/mol. The molecular formula is C19H19NO4S. The Hall–Kier alpha value is -2.70. The number of nitrogens with zero attached hydrogens (tertiary/aromatic N) is 1. The molecule has 0 radical (unpaired) electrons. The van der Waals surface area contributed by atoms with Gasteiger partial charge in [-0.15, -0.1) is 0 Å². The van der Waals surface area contributed by atoms with Gasteiger partial charge in [0, 0.05) is 17.7 Å². The van der Waals surface area contributed by atoms with E-state index in [2.05, 4.69) is 41.2 Å². The summed E-state index contributed by atoms with van der Waals surface area (Å²) in [6.07, 6.45) is 4.15. The summed E-state index contributed by atoms with van der Waals surface area (Å²) in [4.78, 5) is -0.373. The highest BCUT2D eigenvalue weighted by Gasteiger charge is 2.05. The molecule has 0 unspecified atom stereocenters. The Labute approximate surface area is 147 Å². The van der Waals surface area contributed by atoms with Gasteiger partial charge in [0.2, 0.25) is 0 Å². The smallest absolute Gasteiger partial charge is 0.173 e. The molecule has 0 spiro atoms. The van der Waals surface area contributed by atoms with Crippen LogP contribution in [0.15, 0.2) is 84.0 Å². The fourth-order valence-corrected chi connectivity index (χ4v) is 2.92. The molecule has 0 aliphatic heterocycles. The monoisotopic (exact) mass is 357 g/mol.